The lowest BCUT2D eigenvalue weighted by Crippen LogP contribution is -2.05. The molecule has 3 heteroatoms. The van der Waals surface area contributed by atoms with Crippen LogP contribution in [0.15, 0.2) is 18.2 Å². The van der Waals surface area contributed by atoms with E-state index in [-0.39, 0.29) is 5.97 Å². The Balaban J connectivity index is 2.20. The summed E-state index contributed by atoms with van der Waals surface area (Å²) in [7, 11) is 1.40. The minimum absolute atomic E-state index is 0.268. The Labute approximate surface area is 95.6 Å². The average molecular weight is 219 g/mol. The smallest absolute Gasteiger partial charge is 0.338 e. The number of rotatable bonds is 3. The quantitative estimate of drug-likeness (QED) is 0.789. The molecule has 0 spiro atoms. The molecule has 0 saturated heterocycles. The van der Waals surface area contributed by atoms with E-state index in [4.69, 9.17) is 10.5 Å². The van der Waals surface area contributed by atoms with Crippen LogP contribution in [0.4, 0.5) is 0 Å². The van der Waals surface area contributed by atoms with Gasteiger partial charge in [-0.25, -0.2) is 4.79 Å². The molecule has 0 aliphatic heterocycles. The van der Waals surface area contributed by atoms with Gasteiger partial charge in [-0.1, -0.05) is 12.1 Å². The van der Waals surface area contributed by atoms with E-state index in [0.29, 0.717) is 17.4 Å². The molecule has 1 fully saturated rings. The fourth-order valence-corrected chi connectivity index (χ4v) is 2.17. The lowest BCUT2D eigenvalue weighted by Gasteiger charge is -2.06. The number of nitrogens with two attached hydrogens (primary N) is 1. The number of hydrogen-bond acceptors (Lipinski definition) is 3. The minimum atomic E-state index is -0.268. The highest BCUT2D eigenvalue weighted by Gasteiger charge is 2.37. The van der Waals surface area contributed by atoms with E-state index in [1.54, 1.807) is 0 Å². The molecule has 0 radical (unpaired) electrons. The zero-order valence-corrected chi connectivity index (χ0v) is 9.69. The van der Waals surface area contributed by atoms with Crippen LogP contribution in [0.25, 0.3) is 0 Å². The number of carbonyl (C=O) groups is 1. The molecule has 1 aliphatic carbocycles. The molecular weight excluding hydrogens is 202 g/mol. The third-order valence-electron chi connectivity index (χ3n) is 3.31. The van der Waals surface area contributed by atoms with Gasteiger partial charge < -0.3 is 10.5 Å². The van der Waals surface area contributed by atoms with Crippen LogP contribution in [0.5, 0.6) is 0 Å². The van der Waals surface area contributed by atoms with Gasteiger partial charge in [0, 0.05) is 0 Å². The molecule has 3 nitrogen and oxygen atoms in total. The largest absolute Gasteiger partial charge is 0.465 e. The van der Waals surface area contributed by atoms with Crippen LogP contribution in [-0.2, 0) is 4.74 Å². The van der Waals surface area contributed by atoms with Crippen LogP contribution in [-0.4, -0.2) is 19.6 Å². The standard InChI is InChI=1S/C13H17NO2/c1-8-5-9(12-6-10(12)7-14)3-4-11(8)13(15)16-2/h3-5,10,12H,6-7,14H2,1-2H3/t10-,12-/m0/s1. The topological polar surface area (TPSA) is 52.3 Å². The first-order valence-corrected chi connectivity index (χ1v) is 5.56. The maximum atomic E-state index is 11.4. The van der Waals surface area contributed by atoms with Crippen LogP contribution < -0.4 is 5.73 Å². The second-order valence-corrected chi connectivity index (χ2v) is 4.40. The summed E-state index contributed by atoms with van der Waals surface area (Å²) in [6.45, 7) is 2.69. The molecule has 1 aromatic carbocycles. The maximum Gasteiger partial charge on any atom is 0.338 e. The van der Waals surface area contributed by atoms with Crippen molar-refractivity contribution in [2.45, 2.75) is 19.3 Å². The number of hydrogen-bond donors (Lipinski definition) is 1. The normalized spacial score (nSPS) is 22.9. The molecule has 2 N–H and O–H groups in total. The first-order valence-electron chi connectivity index (χ1n) is 5.56. The molecule has 2 rings (SSSR count). The lowest BCUT2D eigenvalue weighted by atomic mass is 10.0. The first kappa shape index (κ1) is 11.1. The van der Waals surface area contributed by atoms with E-state index >= 15 is 0 Å². The Bertz CT molecular complexity index is 414. The first-order chi connectivity index (χ1) is 7.67. The Kier molecular flexibility index (Phi) is 2.97. The summed E-state index contributed by atoms with van der Waals surface area (Å²) < 4.78 is 4.72. The van der Waals surface area contributed by atoms with Gasteiger partial charge >= 0.3 is 5.97 Å². The Hall–Kier alpha value is -1.35. The highest BCUT2D eigenvalue weighted by molar-refractivity contribution is 5.91. The van der Waals surface area contributed by atoms with Gasteiger partial charge in [-0.3, -0.25) is 0 Å². The van der Waals surface area contributed by atoms with Crippen LogP contribution in [0, 0.1) is 12.8 Å². The van der Waals surface area contributed by atoms with Crippen molar-refractivity contribution in [1.29, 1.82) is 0 Å². The molecule has 0 heterocycles. The summed E-state index contributed by atoms with van der Waals surface area (Å²) in [6.07, 6.45) is 1.17. The van der Waals surface area contributed by atoms with Crippen molar-refractivity contribution >= 4 is 5.97 Å². The average Bonchev–Trinajstić information content (AvgIpc) is 3.07. The Morgan fingerprint density at radius 2 is 2.31 bits per heavy atom. The Morgan fingerprint density at radius 3 is 2.81 bits per heavy atom. The monoisotopic (exact) mass is 219 g/mol. The van der Waals surface area contributed by atoms with Gasteiger partial charge in [0.2, 0.25) is 0 Å². The molecule has 0 unspecified atom stereocenters. The van der Waals surface area contributed by atoms with E-state index < -0.39 is 0 Å². The zero-order chi connectivity index (χ0) is 11.7. The molecule has 1 aliphatic rings. The number of ether oxygens (including phenoxy) is 1. The van der Waals surface area contributed by atoms with Gasteiger partial charge in [0.05, 0.1) is 12.7 Å². The van der Waals surface area contributed by atoms with Crippen molar-refractivity contribution < 1.29 is 9.53 Å². The van der Waals surface area contributed by atoms with E-state index in [2.05, 4.69) is 6.07 Å². The summed E-state index contributed by atoms with van der Waals surface area (Å²) in [6, 6.07) is 5.94. The molecule has 1 saturated carbocycles. The second kappa shape index (κ2) is 4.26. The maximum absolute atomic E-state index is 11.4. The number of aryl methyl sites for hydroxylation is 1. The molecule has 0 bridgehead atoms. The molecule has 1 aromatic rings. The summed E-state index contributed by atoms with van der Waals surface area (Å²) in [5.41, 5.74) is 8.55. The van der Waals surface area contributed by atoms with Crippen molar-refractivity contribution in [2.75, 3.05) is 13.7 Å². The Morgan fingerprint density at radius 1 is 1.56 bits per heavy atom. The predicted octanol–water partition coefficient (Wildman–Crippen LogP) is 1.84. The van der Waals surface area contributed by atoms with Gasteiger partial charge in [0.1, 0.15) is 0 Å². The van der Waals surface area contributed by atoms with Crippen molar-refractivity contribution in [1.82, 2.24) is 0 Å². The highest BCUT2D eigenvalue weighted by atomic mass is 16.5. The van der Waals surface area contributed by atoms with Crippen molar-refractivity contribution in [3.8, 4) is 0 Å². The van der Waals surface area contributed by atoms with E-state index in [0.717, 1.165) is 12.1 Å². The SMILES string of the molecule is COC(=O)c1ccc([C@@H]2C[C@H]2CN)cc1C. The number of esters is 1. The highest BCUT2D eigenvalue weighted by Crippen LogP contribution is 2.46. The summed E-state index contributed by atoms with van der Waals surface area (Å²) in [5.74, 6) is 0.953. The van der Waals surface area contributed by atoms with Gasteiger partial charge in [-0.15, -0.1) is 0 Å². The number of methoxy groups -OCH3 is 1. The molecule has 2 atom stereocenters. The summed E-state index contributed by atoms with van der Waals surface area (Å²) in [4.78, 5) is 11.4. The fraction of sp³-hybridized carbons (Fsp3) is 0.462. The lowest BCUT2D eigenvalue weighted by molar-refractivity contribution is 0.0600. The summed E-state index contributed by atoms with van der Waals surface area (Å²) >= 11 is 0. The van der Waals surface area contributed by atoms with Gasteiger partial charge in [-0.05, 0) is 48.9 Å². The summed E-state index contributed by atoms with van der Waals surface area (Å²) in [5, 5.41) is 0. The molecule has 86 valence electrons. The van der Waals surface area contributed by atoms with Crippen LogP contribution in [0.3, 0.4) is 0 Å². The van der Waals surface area contributed by atoms with Gasteiger partial charge in [-0.2, -0.15) is 0 Å². The van der Waals surface area contributed by atoms with Crippen molar-refractivity contribution in [2.24, 2.45) is 11.7 Å². The zero-order valence-electron chi connectivity index (χ0n) is 9.69. The van der Waals surface area contributed by atoms with Gasteiger partial charge in [0.25, 0.3) is 0 Å². The molecule has 16 heavy (non-hydrogen) atoms. The van der Waals surface area contributed by atoms with Crippen molar-refractivity contribution in [3.63, 3.8) is 0 Å². The molecule has 0 amide bonds. The molecular formula is C13H17NO2. The third-order valence-corrected chi connectivity index (χ3v) is 3.31. The molecule has 0 aromatic heterocycles. The van der Waals surface area contributed by atoms with Gasteiger partial charge in [0.15, 0.2) is 0 Å². The van der Waals surface area contributed by atoms with E-state index in [9.17, 15) is 4.79 Å². The van der Waals surface area contributed by atoms with Crippen LogP contribution >= 0.6 is 0 Å². The van der Waals surface area contributed by atoms with E-state index in [1.165, 1.54) is 19.1 Å². The third kappa shape index (κ3) is 1.95. The number of carbonyl (C=O) groups excluding carboxylic acids is 1. The predicted molar refractivity (Wildman–Crippen MR) is 62.4 cm³/mol. The van der Waals surface area contributed by atoms with Crippen LogP contribution in [0.1, 0.15) is 33.8 Å². The van der Waals surface area contributed by atoms with E-state index in [1.807, 2.05) is 19.1 Å². The van der Waals surface area contributed by atoms with Crippen LogP contribution in [0.2, 0.25) is 0 Å². The second-order valence-electron chi connectivity index (χ2n) is 4.40. The minimum Gasteiger partial charge on any atom is -0.465 e. The fourth-order valence-electron chi connectivity index (χ4n) is 2.17. The number of benzene rings is 1. The van der Waals surface area contributed by atoms with Crippen molar-refractivity contribution in [3.05, 3.63) is 34.9 Å².